The summed E-state index contributed by atoms with van der Waals surface area (Å²) in [5.41, 5.74) is 2.07. The van der Waals surface area contributed by atoms with E-state index in [1.807, 2.05) is 30.3 Å². The van der Waals surface area contributed by atoms with Crippen molar-refractivity contribution in [2.45, 2.75) is 26.8 Å². The highest BCUT2D eigenvalue weighted by Gasteiger charge is 2.09. The van der Waals surface area contributed by atoms with Crippen molar-refractivity contribution in [1.29, 1.82) is 0 Å². The summed E-state index contributed by atoms with van der Waals surface area (Å²) in [4.78, 5) is 4.63. The molecule has 2 aromatic heterocycles. The SMILES string of the molecule is CCNC(=NCc1oc2ccccc2c1C)NCCc1ccco1. The summed E-state index contributed by atoms with van der Waals surface area (Å²) in [7, 11) is 0. The summed E-state index contributed by atoms with van der Waals surface area (Å²) in [5, 5.41) is 7.72. The van der Waals surface area contributed by atoms with E-state index < -0.39 is 0 Å². The average Bonchev–Trinajstić information content (AvgIpc) is 3.21. The Morgan fingerprint density at radius 3 is 2.75 bits per heavy atom. The molecule has 0 aliphatic carbocycles. The number of para-hydroxylation sites is 1. The van der Waals surface area contributed by atoms with Crippen molar-refractivity contribution in [3.63, 3.8) is 0 Å². The fraction of sp³-hybridized carbons (Fsp3) is 0.316. The number of fused-ring (bicyclic) bond motifs is 1. The van der Waals surface area contributed by atoms with Crippen LogP contribution in [-0.4, -0.2) is 19.0 Å². The van der Waals surface area contributed by atoms with Crippen LogP contribution >= 0.6 is 0 Å². The van der Waals surface area contributed by atoms with Crippen LogP contribution in [0.4, 0.5) is 0 Å². The minimum atomic E-state index is 0.511. The lowest BCUT2D eigenvalue weighted by Crippen LogP contribution is -2.38. The summed E-state index contributed by atoms with van der Waals surface area (Å²) >= 11 is 0. The number of aryl methyl sites for hydroxylation is 1. The van der Waals surface area contributed by atoms with E-state index in [9.17, 15) is 0 Å². The van der Waals surface area contributed by atoms with Gasteiger partial charge in [0.15, 0.2) is 5.96 Å². The number of benzene rings is 1. The van der Waals surface area contributed by atoms with Crippen molar-refractivity contribution in [2.24, 2.45) is 4.99 Å². The minimum absolute atomic E-state index is 0.511. The molecule has 0 aliphatic heterocycles. The predicted octanol–water partition coefficient (Wildman–Crippen LogP) is 3.63. The lowest BCUT2D eigenvalue weighted by atomic mass is 10.1. The first-order valence-corrected chi connectivity index (χ1v) is 8.29. The number of nitrogens with one attached hydrogen (secondary N) is 2. The Kier molecular flexibility index (Phi) is 5.21. The van der Waals surface area contributed by atoms with E-state index in [1.165, 1.54) is 0 Å². The van der Waals surface area contributed by atoms with Gasteiger partial charge in [0, 0.05) is 30.5 Å². The van der Waals surface area contributed by atoms with Gasteiger partial charge in [0.05, 0.1) is 6.26 Å². The Morgan fingerprint density at radius 1 is 1.12 bits per heavy atom. The Morgan fingerprint density at radius 2 is 2.00 bits per heavy atom. The Balaban J connectivity index is 1.64. The molecule has 2 heterocycles. The van der Waals surface area contributed by atoms with Gasteiger partial charge in [-0.3, -0.25) is 0 Å². The highest BCUT2D eigenvalue weighted by molar-refractivity contribution is 5.82. The second kappa shape index (κ2) is 7.73. The second-order valence-electron chi connectivity index (χ2n) is 5.60. The van der Waals surface area contributed by atoms with Gasteiger partial charge in [-0.2, -0.15) is 0 Å². The van der Waals surface area contributed by atoms with E-state index in [2.05, 4.69) is 35.5 Å². The first-order chi connectivity index (χ1) is 11.8. The van der Waals surface area contributed by atoms with Crippen LogP contribution in [0, 0.1) is 6.92 Å². The standard InChI is InChI=1S/C19H23N3O2/c1-3-20-19(21-11-10-15-7-6-12-23-15)22-13-18-14(2)16-8-4-5-9-17(16)24-18/h4-9,12H,3,10-11,13H2,1-2H3,(H2,20,21,22). The molecule has 126 valence electrons. The third kappa shape index (κ3) is 3.79. The van der Waals surface area contributed by atoms with E-state index >= 15 is 0 Å². The minimum Gasteiger partial charge on any atom is -0.469 e. The van der Waals surface area contributed by atoms with Crippen LogP contribution < -0.4 is 10.6 Å². The first-order valence-electron chi connectivity index (χ1n) is 8.29. The van der Waals surface area contributed by atoms with Gasteiger partial charge < -0.3 is 19.5 Å². The molecule has 0 unspecified atom stereocenters. The lowest BCUT2D eigenvalue weighted by molar-refractivity contribution is 0.506. The molecule has 0 saturated carbocycles. The van der Waals surface area contributed by atoms with Crippen LogP contribution in [0.15, 0.2) is 56.5 Å². The number of aliphatic imine (C=N–C) groups is 1. The van der Waals surface area contributed by atoms with Gasteiger partial charge in [-0.15, -0.1) is 0 Å². The average molecular weight is 325 g/mol. The molecule has 0 bridgehead atoms. The summed E-state index contributed by atoms with van der Waals surface area (Å²) in [6, 6.07) is 12.0. The Bertz CT molecular complexity index is 803. The van der Waals surface area contributed by atoms with Crippen molar-refractivity contribution < 1.29 is 8.83 Å². The molecule has 24 heavy (non-hydrogen) atoms. The fourth-order valence-corrected chi connectivity index (χ4v) is 2.63. The Hall–Kier alpha value is -2.69. The molecule has 2 N–H and O–H groups in total. The molecular formula is C19H23N3O2. The van der Waals surface area contributed by atoms with E-state index in [4.69, 9.17) is 8.83 Å². The van der Waals surface area contributed by atoms with Crippen LogP contribution in [0.5, 0.6) is 0 Å². The molecule has 0 amide bonds. The third-order valence-corrected chi connectivity index (χ3v) is 3.91. The van der Waals surface area contributed by atoms with Gasteiger partial charge in [-0.1, -0.05) is 18.2 Å². The Labute approximate surface area is 141 Å². The fourth-order valence-electron chi connectivity index (χ4n) is 2.63. The molecule has 0 fully saturated rings. The van der Waals surface area contributed by atoms with Crippen molar-refractivity contribution in [3.05, 3.63) is 59.7 Å². The molecule has 5 nitrogen and oxygen atoms in total. The number of guanidine groups is 1. The normalized spacial score (nSPS) is 11.8. The second-order valence-corrected chi connectivity index (χ2v) is 5.60. The first kappa shape index (κ1) is 16.2. The third-order valence-electron chi connectivity index (χ3n) is 3.91. The largest absolute Gasteiger partial charge is 0.469 e. The monoisotopic (exact) mass is 325 g/mol. The number of rotatable bonds is 6. The van der Waals surface area contributed by atoms with Gasteiger partial charge in [-0.05, 0) is 32.0 Å². The zero-order valence-electron chi connectivity index (χ0n) is 14.1. The molecule has 3 rings (SSSR count). The number of hydrogen-bond donors (Lipinski definition) is 2. The van der Waals surface area contributed by atoms with Crippen LogP contribution in [0.2, 0.25) is 0 Å². The topological polar surface area (TPSA) is 62.7 Å². The molecule has 5 heteroatoms. The van der Waals surface area contributed by atoms with Crippen LogP contribution in [-0.2, 0) is 13.0 Å². The molecule has 0 radical (unpaired) electrons. The van der Waals surface area contributed by atoms with Crippen LogP contribution in [0.3, 0.4) is 0 Å². The van der Waals surface area contributed by atoms with Gasteiger partial charge >= 0.3 is 0 Å². The molecule has 1 aromatic carbocycles. The zero-order chi connectivity index (χ0) is 16.8. The lowest BCUT2D eigenvalue weighted by Gasteiger charge is -2.10. The summed E-state index contributed by atoms with van der Waals surface area (Å²) in [6.07, 6.45) is 2.51. The summed E-state index contributed by atoms with van der Waals surface area (Å²) in [6.45, 7) is 6.21. The molecule has 0 atom stereocenters. The number of hydrogen-bond acceptors (Lipinski definition) is 3. The number of furan rings is 2. The quantitative estimate of drug-likeness (QED) is 0.536. The van der Waals surface area contributed by atoms with Gasteiger partial charge in [-0.25, -0.2) is 4.99 Å². The highest BCUT2D eigenvalue weighted by Crippen LogP contribution is 2.25. The van der Waals surface area contributed by atoms with Crippen molar-refractivity contribution in [1.82, 2.24) is 10.6 Å². The van der Waals surface area contributed by atoms with Crippen molar-refractivity contribution in [3.8, 4) is 0 Å². The molecule has 3 aromatic rings. The maximum absolute atomic E-state index is 5.91. The number of nitrogens with zero attached hydrogens (tertiary/aromatic N) is 1. The van der Waals surface area contributed by atoms with E-state index in [0.717, 1.165) is 53.5 Å². The molecule has 0 aliphatic rings. The maximum Gasteiger partial charge on any atom is 0.191 e. The predicted molar refractivity (Wildman–Crippen MR) is 96.2 cm³/mol. The van der Waals surface area contributed by atoms with Crippen molar-refractivity contribution >= 4 is 16.9 Å². The van der Waals surface area contributed by atoms with Crippen LogP contribution in [0.1, 0.15) is 24.0 Å². The highest BCUT2D eigenvalue weighted by atomic mass is 16.3. The van der Waals surface area contributed by atoms with Crippen LogP contribution in [0.25, 0.3) is 11.0 Å². The zero-order valence-corrected chi connectivity index (χ0v) is 14.1. The van der Waals surface area contributed by atoms with Gasteiger partial charge in [0.1, 0.15) is 23.6 Å². The maximum atomic E-state index is 5.91. The summed E-state index contributed by atoms with van der Waals surface area (Å²) < 4.78 is 11.3. The van der Waals surface area contributed by atoms with Gasteiger partial charge in [0.25, 0.3) is 0 Å². The molecular weight excluding hydrogens is 302 g/mol. The summed E-state index contributed by atoms with van der Waals surface area (Å²) in [5.74, 6) is 2.65. The van der Waals surface area contributed by atoms with Crippen molar-refractivity contribution in [2.75, 3.05) is 13.1 Å². The van der Waals surface area contributed by atoms with E-state index in [1.54, 1.807) is 6.26 Å². The smallest absolute Gasteiger partial charge is 0.191 e. The molecule has 0 spiro atoms. The van der Waals surface area contributed by atoms with E-state index in [-0.39, 0.29) is 0 Å². The van der Waals surface area contributed by atoms with Gasteiger partial charge in [0.2, 0.25) is 0 Å². The van der Waals surface area contributed by atoms with E-state index in [0.29, 0.717) is 6.54 Å². The molecule has 0 saturated heterocycles.